The van der Waals surface area contributed by atoms with Gasteiger partial charge in [-0.05, 0) is 51.7 Å². The van der Waals surface area contributed by atoms with Crippen LogP contribution < -0.4 is 0 Å². The van der Waals surface area contributed by atoms with E-state index in [0.29, 0.717) is 48.8 Å². The summed E-state index contributed by atoms with van der Waals surface area (Å²) in [6, 6.07) is 7.24. The number of carbonyl (C=O) groups excluding carboxylic acids is 3. The topological polar surface area (TPSA) is 86.7 Å². The first-order chi connectivity index (χ1) is 15.9. The van der Waals surface area contributed by atoms with Crippen molar-refractivity contribution in [2.45, 2.75) is 52.6 Å². The Balaban J connectivity index is 1.51. The Kier molecular flexibility index (Phi) is 6.72. The van der Waals surface area contributed by atoms with E-state index in [0.717, 1.165) is 24.8 Å². The number of aryl methyl sites for hydroxylation is 1. The highest BCUT2D eigenvalue weighted by Crippen LogP contribution is 2.30. The molecule has 8 heteroatoms. The third kappa shape index (κ3) is 4.47. The summed E-state index contributed by atoms with van der Waals surface area (Å²) in [6.07, 6.45) is 4.25. The van der Waals surface area contributed by atoms with Gasteiger partial charge in [-0.25, -0.2) is 9.97 Å². The number of rotatable bonds is 6. The number of fused-ring (bicyclic) bond motifs is 1. The first-order valence-electron chi connectivity index (χ1n) is 11.7. The van der Waals surface area contributed by atoms with Gasteiger partial charge in [-0.3, -0.25) is 14.4 Å². The molecule has 4 rings (SSSR count). The molecule has 0 aliphatic carbocycles. The highest BCUT2D eigenvalue weighted by atomic mass is 16.2. The van der Waals surface area contributed by atoms with E-state index in [1.807, 2.05) is 45.0 Å². The molecule has 0 spiro atoms. The lowest BCUT2D eigenvalue weighted by Crippen LogP contribution is -2.45. The average Bonchev–Trinajstić information content (AvgIpc) is 3.14. The maximum Gasteiger partial charge on any atom is 0.257 e. The quantitative estimate of drug-likeness (QED) is 0.677. The molecule has 3 heterocycles. The van der Waals surface area contributed by atoms with Gasteiger partial charge in [0, 0.05) is 37.9 Å². The van der Waals surface area contributed by atoms with Crippen molar-refractivity contribution in [3.8, 4) is 0 Å². The van der Waals surface area contributed by atoms with Crippen LogP contribution in [-0.4, -0.2) is 68.6 Å². The molecule has 2 aliphatic heterocycles. The van der Waals surface area contributed by atoms with Crippen LogP contribution in [0.1, 0.15) is 76.9 Å². The van der Waals surface area contributed by atoms with Crippen LogP contribution >= 0.6 is 0 Å². The van der Waals surface area contributed by atoms with Gasteiger partial charge in [0.2, 0.25) is 5.91 Å². The van der Waals surface area contributed by atoms with Crippen LogP contribution in [0.2, 0.25) is 0 Å². The molecule has 174 valence electrons. The fraction of sp³-hybridized carbons (Fsp3) is 0.480. The van der Waals surface area contributed by atoms with E-state index in [2.05, 4.69) is 9.97 Å². The van der Waals surface area contributed by atoms with Gasteiger partial charge in [0.15, 0.2) is 5.82 Å². The molecule has 1 aromatic carbocycles. The zero-order chi connectivity index (χ0) is 23.5. The first-order valence-corrected chi connectivity index (χ1v) is 11.7. The molecule has 33 heavy (non-hydrogen) atoms. The maximum atomic E-state index is 13.3. The molecular weight excluding hydrogens is 418 g/mol. The lowest BCUT2D eigenvalue weighted by atomic mass is 10.0. The van der Waals surface area contributed by atoms with Crippen LogP contribution in [0, 0.1) is 6.92 Å². The molecular formula is C25H31N5O3. The number of carbonyl (C=O) groups is 3. The molecule has 1 fully saturated rings. The second kappa shape index (κ2) is 9.68. The number of hydrogen-bond donors (Lipinski definition) is 0. The van der Waals surface area contributed by atoms with Crippen molar-refractivity contribution in [1.82, 2.24) is 24.7 Å². The van der Waals surface area contributed by atoms with Gasteiger partial charge in [0.05, 0.1) is 17.3 Å². The highest BCUT2D eigenvalue weighted by Gasteiger charge is 2.34. The van der Waals surface area contributed by atoms with Crippen molar-refractivity contribution in [1.29, 1.82) is 0 Å². The Morgan fingerprint density at radius 2 is 1.91 bits per heavy atom. The van der Waals surface area contributed by atoms with Crippen molar-refractivity contribution in [2.24, 2.45) is 0 Å². The Morgan fingerprint density at radius 1 is 1.15 bits per heavy atom. The summed E-state index contributed by atoms with van der Waals surface area (Å²) >= 11 is 0. The van der Waals surface area contributed by atoms with Crippen LogP contribution in [-0.2, 0) is 11.3 Å². The summed E-state index contributed by atoms with van der Waals surface area (Å²) in [5.74, 6) is 0.296. The molecule has 1 aromatic heterocycles. The van der Waals surface area contributed by atoms with Gasteiger partial charge in [0.1, 0.15) is 6.54 Å². The van der Waals surface area contributed by atoms with E-state index >= 15 is 0 Å². The molecule has 2 aromatic rings. The molecule has 0 radical (unpaired) electrons. The van der Waals surface area contributed by atoms with E-state index in [9.17, 15) is 14.4 Å². The molecule has 2 aliphatic rings. The van der Waals surface area contributed by atoms with Crippen LogP contribution in [0.25, 0.3) is 0 Å². The minimum atomic E-state index is -0.248. The van der Waals surface area contributed by atoms with Crippen molar-refractivity contribution >= 4 is 17.7 Å². The van der Waals surface area contributed by atoms with E-state index in [-0.39, 0.29) is 30.3 Å². The summed E-state index contributed by atoms with van der Waals surface area (Å²) in [7, 11) is 0. The van der Waals surface area contributed by atoms with E-state index in [1.54, 1.807) is 20.9 Å². The van der Waals surface area contributed by atoms with Crippen molar-refractivity contribution in [3.05, 3.63) is 58.7 Å². The minimum Gasteiger partial charge on any atom is -0.339 e. The average molecular weight is 450 g/mol. The van der Waals surface area contributed by atoms with Gasteiger partial charge in [-0.1, -0.05) is 18.2 Å². The number of nitrogens with zero attached hydrogens (tertiary/aromatic N) is 5. The summed E-state index contributed by atoms with van der Waals surface area (Å²) < 4.78 is 0. The van der Waals surface area contributed by atoms with Gasteiger partial charge >= 0.3 is 0 Å². The second-order valence-corrected chi connectivity index (χ2v) is 8.62. The fourth-order valence-corrected chi connectivity index (χ4v) is 4.73. The molecule has 0 N–H and O–H groups in total. The lowest BCUT2D eigenvalue weighted by Gasteiger charge is -2.36. The minimum absolute atomic E-state index is 0.0432. The normalized spacial score (nSPS) is 17.8. The Labute approximate surface area is 194 Å². The van der Waals surface area contributed by atoms with E-state index < -0.39 is 0 Å². The van der Waals surface area contributed by atoms with Gasteiger partial charge in [-0.2, -0.15) is 0 Å². The Bertz CT molecular complexity index is 1070. The third-order valence-corrected chi connectivity index (χ3v) is 6.62. The molecule has 0 bridgehead atoms. The Morgan fingerprint density at radius 3 is 2.61 bits per heavy atom. The largest absolute Gasteiger partial charge is 0.339 e. The standard InChI is InChI=1S/C25H31N5O3/c1-4-28(5-2)25(33)20-14-26-23(27-17(20)3)21-12-8-9-13-30(21)22(31)16-29-15-18-10-6-7-11-19(18)24(29)32/h6-7,10-11,14,21H,4-5,8-9,12-13,15-16H2,1-3H3. The molecule has 1 saturated heterocycles. The highest BCUT2D eigenvalue weighted by molar-refractivity contribution is 6.00. The number of likely N-dealkylation sites (tertiary alicyclic amines) is 1. The van der Waals surface area contributed by atoms with Crippen LogP contribution in [0.5, 0.6) is 0 Å². The van der Waals surface area contributed by atoms with Gasteiger partial charge < -0.3 is 14.7 Å². The second-order valence-electron chi connectivity index (χ2n) is 8.62. The first kappa shape index (κ1) is 22.9. The van der Waals surface area contributed by atoms with E-state index in [4.69, 9.17) is 0 Å². The predicted molar refractivity (Wildman–Crippen MR) is 124 cm³/mol. The zero-order valence-corrected chi connectivity index (χ0v) is 19.6. The zero-order valence-electron chi connectivity index (χ0n) is 19.6. The summed E-state index contributed by atoms with van der Waals surface area (Å²) in [5, 5.41) is 0. The van der Waals surface area contributed by atoms with Crippen LogP contribution in [0.15, 0.2) is 30.5 Å². The molecule has 3 amide bonds. The number of piperidine rings is 1. The summed E-state index contributed by atoms with van der Waals surface area (Å²) in [4.78, 5) is 53.1. The molecule has 0 saturated carbocycles. The monoisotopic (exact) mass is 449 g/mol. The number of hydrogen-bond acceptors (Lipinski definition) is 5. The Hall–Kier alpha value is -3.29. The van der Waals surface area contributed by atoms with Crippen molar-refractivity contribution in [3.63, 3.8) is 0 Å². The number of benzene rings is 1. The van der Waals surface area contributed by atoms with Crippen molar-refractivity contribution < 1.29 is 14.4 Å². The van der Waals surface area contributed by atoms with Gasteiger partial charge in [0.25, 0.3) is 11.8 Å². The van der Waals surface area contributed by atoms with E-state index in [1.165, 1.54) is 0 Å². The lowest BCUT2D eigenvalue weighted by molar-refractivity contribution is -0.136. The molecule has 1 unspecified atom stereocenters. The number of aromatic nitrogens is 2. The summed E-state index contributed by atoms with van der Waals surface area (Å²) in [5.41, 5.74) is 2.75. The third-order valence-electron chi connectivity index (χ3n) is 6.62. The van der Waals surface area contributed by atoms with Gasteiger partial charge in [-0.15, -0.1) is 0 Å². The van der Waals surface area contributed by atoms with Crippen LogP contribution in [0.3, 0.4) is 0 Å². The smallest absolute Gasteiger partial charge is 0.257 e. The van der Waals surface area contributed by atoms with Crippen LogP contribution in [0.4, 0.5) is 0 Å². The SMILES string of the molecule is CCN(CC)C(=O)c1cnc(C2CCCCN2C(=O)CN2Cc3ccccc3C2=O)nc1C. The predicted octanol–water partition coefficient (Wildman–Crippen LogP) is 2.98. The maximum absolute atomic E-state index is 13.3. The van der Waals surface area contributed by atoms with Crippen molar-refractivity contribution in [2.75, 3.05) is 26.2 Å². The fourth-order valence-electron chi connectivity index (χ4n) is 4.73. The molecule has 8 nitrogen and oxygen atoms in total. The summed E-state index contributed by atoms with van der Waals surface area (Å²) in [6.45, 7) is 8.07. The molecule has 1 atom stereocenters. The number of amides is 3.